The largest absolute Gasteiger partial charge is 0.369 e. The fourth-order valence-corrected chi connectivity index (χ4v) is 3.45. The van der Waals surface area contributed by atoms with Gasteiger partial charge in [-0.05, 0) is 25.0 Å². The Labute approximate surface area is 143 Å². The molecule has 3 aromatic heterocycles. The second kappa shape index (κ2) is 6.36. The first-order valence-corrected chi connectivity index (χ1v) is 8.26. The average molecular weight is 335 g/mol. The van der Waals surface area contributed by atoms with Crippen LogP contribution in [0.15, 0.2) is 24.5 Å². The quantitative estimate of drug-likeness (QED) is 0.750. The van der Waals surface area contributed by atoms with E-state index in [4.69, 9.17) is 5.26 Å². The number of aromatic nitrogens is 4. The number of fused-ring (bicyclic) bond motifs is 3. The number of carbonyl (C=O) groups is 1. The smallest absolute Gasteiger partial charge is 0.234 e. The van der Waals surface area contributed by atoms with Crippen molar-refractivity contribution in [3.8, 4) is 6.07 Å². The maximum absolute atomic E-state index is 11.7. The predicted octanol–water partition coefficient (Wildman–Crippen LogP) is 1.50. The summed E-state index contributed by atoms with van der Waals surface area (Å²) in [6.07, 6.45) is 5.36. The van der Waals surface area contributed by atoms with Crippen molar-refractivity contribution in [1.82, 2.24) is 25.5 Å². The van der Waals surface area contributed by atoms with Gasteiger partial charge < -0.3 is 15.2 Å². The van der Waals surface area contributed by atoms with Crippen molar-refractivity contribution in [1.29, 1.82) is 5.26 Å². The lowest BCUT2D eigenvalue weighted by Crippen LogP contribution is -2.47. The Balaban J connectivity index is 1.68. The van der Waals surface area contributed by atoms with Crippen LogP contribution in [0.25, 0.3) is 22.1 Å². The molecule has 8 nitrogen and oxygen atoms in total. The number of anilines is 1. The van der Waals surface area contributed by atoms with E-state index in [1.165, 1.54) is 0 Å². The average Bonchev–Trinajstić information content (AvgIpc) is 3.10. The molecule has 126 valence electrons. The number of carbonyl (C=O) groups excluding carboxylic acids is 1. The standard InChI is InChI=1S/C17H17N7O/c18-6-3-14(25)21-11-2-1-9-24(10-11)13-5-8-20-17-15(13)12-4-7-19-16(12)22-23-17/h4-5,7-8,11H,1-3,9-10H2,(H,19,22)(H,21,25). The van der Waals surface area contributed by atoms with Crippen molar-refractivity contribution in [3.05, 3.63) is 24.5 Å². The number of nitrogens with one attached hydrogen (secondary N) is 2. The lowest BCUT2D eigenvalue weighted by Gasteiger charge is -2.35. The fourth-order valence-electron chi connectivity index (χ4n) is 3.45. The second-order valence-electron chi connectivity index (χ2n) is 6.16. The van der Waals surface area contributed by atoms with Crippen LogP contribution in [0.1, 0.15) is 19.3 Å². The second-order valence-corrected chi connectivity index (χ2v) is 6.16. The number of amides is 1. The van der Waals surface area contributed by atoms with Gasteiger partial charge in [0.25, 0.3) is 0 Å². The van der Waals surface area contributed by atoms with Crippen LogP contribution in [0.4, 0.5) is 5.69 Å². The van der Waals surface area contributed by atoms with Gasteiger partial charge >= 0.3 is 0 Å². The third kappa shape index (κ3) is 2.85. The van der Waals surface area contributed by atoms with Crippen molar-refractivity contribution in [2.75, 3.05) is 18.0 Å². The molecule has 1 aliphatic rings. The highest BCUT2D eigenvalue weighted by molar-refractivity contribution is 6.08. The van der Waals surface area contributed by atoms with Gasteiger partial charge in [0.05, 0.1) is 17.1 Å². The summed E-state index contributed by atoms with van der Waals surface area (Å²) in [6.45, 7) is 1.60. The minimum Gasteiger partial charge on any atom is -0.369 e. The summed E-state index contributed by atoms with van der Waals surface area (Å²) in [5.41, 5.74) is 2.39. The maximum atomic E-state index is 11.7. The van der Waals surface area contributed by atoms with E-state index in [0.717, 1.165) is 41.5 Å². The molecule has 0 radical (unpaired) electrons. The van der Waals surface area contributed by atoms with Crippen molar-refractivity contribution < 1.29 is 4.79 Å². The van der Waals surface area contributed by atoms with Crippen LogP contribution >= 0.6 is 0 Å². The number of hydrogen-bond acceptors (Lipinski definition) is 6. The molecule has 4 rings (SSSR count). The topological polar surface area (TPSA) is 111 Å². The van der Waals surface area contributed by atoms with Crippen molar-refractivity contribution >= 4 is 33.7 Å². The minimum absolute atomic E-state index is 0.0364. The number of rotatable bonds is 3. The number of piperidine rings is 1. The van der Waals surface area contributed by atoms with Crippen LogP contribution in [-0.2, 0) is 4.79 Å². The lowest BCUT2D eigenvalue weighted by atomic mass is 10.0. The molecule has 0 spiro atoms. The molecule has 0 saturated carbocycles. The first kappa shape index (κ1) is 15.3. The molecule has 1 amide bonds. The summed E-state index contributed by atoms with van der Waals surface area (Å²) in [5, 5.41) is 21.9. The molecule has 1 unspecified atom stereocenters. The molecule has 1 aliphatic heterocycles. The number of nitriles is 1. The Hall–Kier alpha value is -3.21. The number of hydrogen-bond donors (Lipinski definition) is 2. The van der Waals surface area contributed by atoms with Crippen molar-refractivity contribution in [2.24, 2.45) is 0 Å². The van der Waals surface area contributed by atoms with Crippen LogP contribution in [0, 0.1) is 11.3 Å². The molecular formula is C17H17N7O. The molecule has 1 saturated heterocycles. The van der Waals surface area contributed by atoms with E-state index < -0.39 is 0 Å². The summed E-state index contributed by atoms with van der Waals surface area (Å²) in [6, 6.07) is 5.89. The molecule has 2 N–H and O–H groups in total. The van der Waals surface area contributed by atoms with Gasteiger partial charge in [0.1, 0.15) is 6.42 Å². The Bertz CT molecular complexity index is 974. The highest BCUT2D eigenvalue weighted by atomic mass is 16.1. The van der Waals surface area contributed by atoms with E-state index in [1.54, 1.807) is 6.20 Å². The van der Waals surface area contributed by atoms with Gasteiger partial charge in [0, 0.05) is 36.9 Å². The van der Waals surface area contributed by atoms with Gasteiger partial charge in [-0.3, -0.25) is 4.79 Å². The summed E-state index contributed by atoms with van der Waals surface area (Å²) >= 11 is 0. The lowest BCUT2D eigenvalue weighted by molar-refractivity contribution is -0.120. The fraction of sp³-hybridized carbons (Fsp3) is 0.353. The molecule has 0 bridgehead atoms. The van der Waals surface area contributed by atoms with E-state index in [9.17, 15) is 4.79 Å². The van der Waals surface area contributed by atoms with Crippen LogP contribution in [0.5, 0.6) is 0 Å². The van der Waals surface area contributed by atoms with Crippen LogP contribution in [0.2, 0.25) is 0 Å². The number of aromatic amines is 1. The normalized spacial score (nSPS) is 17.6. The third-order valence-electron chi connectivity index (χ3n) is 4.52. The SMILES string of the molecule is N#CCC(=O)NC1CCCN(c2ccnc3nnc4[nH]ccc4c23)C1. The summed E-state index contributed by atoms with van der Waals surface area (Å²) in [4.78, 5) is 21.4. The van der Waals surface area contributed by atoms with Gasteiger partial charge in [-0.15, -0.1) is 10.2 Å². The van der Waals surface area contributed by atoms with E-state index in [1.807, 2.05) is 24.4 Å². The Morgan fingerprint density at radius 2 is 2.36 bits per heavy atom. The molecule has 4 heterocycles. The number of nitrogens with zero attached hydrogens (tertiary/aromatic N) is 5. The summed E-state index contributed by atoms with van der Waals surface area (Å²) in [5.74, 6) is -0.215. The minimum atomic E-state index is -0.215. The number of H-pyrrole nitrogens is 1. The van der Waals surface area contributed by atoms with E-state index in [-0.39, 0.29) is 18.4 Å². The molecule has 3 aromatic rings. The van der Waals surface area contributed by atoms with Gasteiger partial charge in [-0.2, -0.15) is 5.26 Å². The van der Waals surface area contributed by atoms with E-state index in [2.05, 4.69) is 30.4 Å². The Morgan fingerprint density at radius 1 is 1.44 bits per heavy atom. The van der Waals surface area contributed by atoms with Crippen LogP contribution in [-0.4, -0.2) is 45.2 Å². The zero-order chi connectivity index (χ0) is 17.2. The molecule has 8 heteroatoms. The summed E-state index contributed by atoms with van der Waals surface area (Å²) in [7, 11) is 0. The monoisotopic (exact) mass is 335 g/mol. The third-order valence-corrected chi connectivity index (χ3v) is 4.52. The van der Waals surface area contributed by atoms with Gasteiger partial charge in [-0.1, -0.05) is 0 Å². The molecule has 0 aliphatic carbocycles. The van der Waals surface area contributed by atoms with Crippen molar-refractivity contribution in [2.45, 2.75) is 25.3 Å². The summed E-state index contributed by atoms with van der Waals surface area (Å²) < 4.78 is 0. The molecule has 1 fully saturated rings. The highest BCUT2D eigenvalue weighted by Gasteiger charge is 2.23. The molecule has 1 atom stereocenters. The predicted molar refractivity (Wildman–Crippen MR) is 92.8 cm³/mol. The maximum Gasteiger partial charge on any atom is 0.234 e. The van der Waals surface area contributed by atoms with Gasteiger partial charge in [0.15, 0.2) is 11.3 Å². The Kier molecular flexibility index (Phi) is 3.90. The van der Waals surface area contributed by atoms with E-state index in [0.29, 0.717) is 12.2 Å². The molecule has 25 heavy (non-hydrogen) atoms. The first-order valence-electron chi connectivity index (χ1n) is 8.26. The van der Waals surface area contributed by atoms with Crippen LogP contribution in [0.3, 0.4) is 0 Å². The molecular weight excluding hydrogens is 318 g/mol. The highest BCUT2D eigenvalue weighted by Crippen LogP contribution is 2.31. The van der Waals surface area contributed by atoms with Crippen LogP contribution < -0.4 is 10.2 Å². The van der Waals surface area contributed by atoms with E-state index >= 15 is 0 Å². The number of pyridine rings is 1. The van der Waals surface area contributed by atoms with Gasteiger partial charge in [-0.25, -0.2) is 4.98 Å². The van der Waals surface area contributed by atoms with Gasteiger partial charge in [0.2, 0.25) is 5.91 Å². The molecule has 0 aromatic carbocycles. The Morgan fingerprint density at radius 3 is 3.24 bits per heavy atom. The zero-order valence-corrected chi connectivity index (χ0v) is 13.6. The zero-order valence-electron chi connectivity index (χ0n) is 13.6. The van der Waals surface area contributed by atoms with Crippen molar-refractivity contribution in [3.63, 3.8) is 0 Å². The first-order chi connectivity index (χ1) is 12.3.